The van der Waals surface area contributed by atoms with Crippen LogP contribution in [0.5, 0.6) is 0 Å². The van der Waals surface area contributed by atoms with Crippen LogP contribution in [0.15, 0.2) is 0 Å². The van der Waals surface area contributed by atoms with Gasteiger partial charge in [0.15, 0.2) is 0 Å². The van der Waals surface area contributed by atoms with Crippen LogP contribution in [0.3, 0.4) is 0 Å². The van der Waals surface area contributed by atoms with Gasteiger partial charge in [0.25, 0.3) is 0 Å². The molecule has 1 heterocycles. The van der Waals surface area contributed by atoms with Gasteiger partial charge in [-0.3, -0.25) is 4.79 Å². The molecule has 0 spiro atoms. The summed E-state index contributed by atoms with van der Waals surface area (Å²) in [7, 11) is 0. The zero-order chi connectivity index (χ0) is 12.9. The average molecular weight is 240 g/mol. The number of hydrogen-bond acceptors (Lipinski definition) is 2. The van der Waals surface area contributed by atoms with Crippen molar-refractivity contribution in [2.24, 2.45) is 11.3 Å². The number of amides is 1. The summed E-state index contributed by atoms with van der Waals surface area (Å²) in [6, 6.07) is 0.340. The second-order valence-electron chi connectivity index (χ2n) is 5.75. The van der Waals surface area contributed by atoms with Crippen molar-refractivity contribution in [2.45, 2.75) is 59.4 Å². The molecule has 1 fully saturated rings. The largest absolute Gasteiger partial charge is 0.352 e. The van der Waals surface area contributed by atoms with Gasteiger partial charge in [0.1, 0.15) is 0 Å². The van der Waals surface area contributed by atoms with E-state index in [-0.39, 0.29) is 11.3 Å². The predicted octanol–water partition coefficient (Wildman–Crippen LogP) is 2.32. The van der Waals surface area contributed by atoms with Crippen LogP contribution in [0.2, 0.25) is 0 Å². The quantitative estimate of drug-likeness (QED) is 0.748. The topological polar surface area (TPSA) is 41.1 Å². The van der Waals surface area contributed by atoms with E-state index in [1.807, 2.05) is 0 Å². The summed E-state index contributed by atoms with van der Waals surface area (Å²) in [6.07, 6.45) is 3.93. The zero-order valence-electron chi connectivity index (χ0n) is 11.8. The molecule has 0 radical (unpaired) electrons. The minimum absolute atomic E-state index is 0.156. The number of rotatable bonds is 6. The van der Waals surface area contributed by atoms with Crippen molar-refractivity contribution in [1.82, 2.24) is 10.6 Å². The first-order chi connectivity index (χ1) is 8.04. The second kappa shape index (κ2) is 6.39. The normalized spacial score (nSPS) is 20.9. The first kappa shape index (κ1) is 14.5. The first-order valence-electron chi connectivity index (χ1n) is 7.05. The Kier molecular flexibility index (Phi) is 5.44. The molecule has 0 aliphatic carbocycles. The number of carbonyl (C=O) groups is 1. The molecule has 1 atom stereocenters. The van der Waals surface area contributed by atoms with Gasteiger partial charge in [0.2, 0.25) is 5.91 Å². The fourth-order valence-corrected chi connectivity index (χ4v) is 2.85. The molecule has 0 aromatic heterocycles. The molecule has 1 amide bonds. The van der Waals surface area contributed by atoms with Crippen LogP contribution >= 0.6 is 0 Å². The molecule has 0 bridgehead atoms. The first-order valence-corrected chi connectivity index (χ1v) is 7.05. The third-order valence-electron chi connectivity index (χ3n) is 4.03. The molecule has 3 nitrogen and oxygen atoms in total. The van der Waals surface area contributed by atoms with E-state index in [1.54, 1.807) is 0 Å². The molecule has 100 valence electrons. The lowest BCUT2D eigenvalue weighted by molar-refractivity contribution is -0.133. The molecular weight excluding hydrogens is 212 g/mol. The van der Waals surface area contributed by atoms with E-state index in [0.717, 1.165) is 38.8 Å². The van der Waals surface area contributed by atoms with E-state index in [9.17, 15) is 4.79 Å². The maximum Gasteiger partial charge on any atom is 0.226 e. The smallest absolute Gasteiger partial charge is 0.226 e. The summed E-state index contributed by atoms with van der Waals surface area (Å²) < 4.78 is 0. The van der Waals surface area contributed by atoms with Gasteiger partial charge in [-0.15, -0.1) is 0 Å². The average Bonchev–Trinajstić information content (AvgIpc) is 2.78. The molecule has 1 unspecified atom stereocenters. The van der Waals surface area contributed by atoms with E-state index >= 15 is 0 Å². The molecule has 0 aromatic rings. The fraction of sp³-hybridized carbons (Fsp3) is 0.929. The summed E-state index contributed by atoms with van der Waals surface area (Å²) in [4.78, 5) is 12.5. The molecule has 1 aliphatic heterocycles. The summed E-state index contributed by atoms with van der Waals surface area (Å²) in [5.41, 5.74) is -0.156. The maximum absolute atomic E-state index is 12.5. The third kappa shape index (κ3) is 3.70. The number of nitrogens with one attached hydrogen (secondary N) is 2. The Labute approximate surface area is 106 Å². The van der Waals surface area contributed by atoms with Gasteiger partial charge >= 0.3 is 0 Å². The van der Waals surface area contributed by atoms with Crippen LogP contribution in [-0.4, -0.2) is 25.0 Å². The Morgan fingerprint density at radius 2 is 2.06 bits per heavy atom. The summed E-state index contributed by atoms with van der Waals surface area (Å²) >= 11 is 0. The monoisotopic (exact) mass is 240 g/mol. The van der Waals surface area contributed by atoms with E-state index in [1.165, 1.54) is 0 Å². The Morgan fingerprint density at radius 1 is 1.41 bits per heavy atom. The molecule has 17 heavy (non-hydrogen) atoms. The van der Waals surface area contributed by atoms with E-state index < -0.39 is 0 Å². The molecule has 1 saturated heterocycles. The minimum atomic E-state index is -0.156. The fourth-order valence-electron chi connectivity index (χ4n) is 2.85. The van der Waals surface area contributed by atoms with Gasteiger partial charge in [0.05, 0.1) is 0 Å². The lowest BCUT2D eigenvalue weighted by Crippen LogP contribution is -2.46. The summed E-state index contributed by atoms with van der Waals surface area (Å²) in [5, 5.41) is 6.52. The standard InChI is InChI=1S/C14H28N2O/c1-5-14(6-2,9-11(3)4)13(17)16-12-7-8-15-10-12/h11-12,15H,5-10H2,1-4H3,(H,16,17). The molecule has 1 aliphatic rings. The number of hydrogen-bond donors (Lipinski definition) is 2. The molecule has 3 heteroatoms. The maximum atomic E-state index is 12.5. The Bertz CT molecular complexity index is 241. The summed E-state index contributed by atoms with van der Waals surface area (Å²) in [6.45, 7) is 10.6. The van der Waals surface area contributed by atoms with Gasteiger partial charge in [0, 0.05) is 18.0 Å². The number of carbonyl (C=O) groups excluding carboxylic acids is 1. The van der Waals surface area contributed by atoms with Crippen LogP contribution in [0.25, 0.3) is 0 Å². The molecule has 0 saturated carbocycles. The van der Waals surface area contributed by atoms with Crippen LogP contribution in [0, 0.1) is 11.3 Å². The van der Waals surface area contributed by atoms with Crippen molar-refractivity contribution >= 4 is 5.91 Å². The Hall–Kier alpha value is -0.570. The van der Waals surface area contributed by atoms with Crippen LogP contribution in [0.4, 0.5) is 0 Å². The van der Waals surface area contributed by atoms with Crippen molar-refractivity contribution in [3.8, 4) is 0 Å². The van der Waals surface area contributed by atoms with Gasteiger partial charge in [-0.1, -0.05) is 27.7 Å². The molecule has 0 aromatic carbocycles. The van der Waals surface area contributed by atoms with E-state index in [0.29, 0.717) is 12.0 Å². The lowest BCUT2D eigenvalue weighted by atomic mass is 9.74. The lowest BCUT2D eigenvalue weighted by Gasteiger charge is -2.33. The van der Waals surface area contributed by atoms with Crippen molar-refractivity contribution in [2.75, 3.05) is 13.1 Å². The highest BCUT2D eigenvalue weighted by Gasteiger charge is 2.36. The predicted molar refractivity (Wildman–Crippen MR) is 71.9 cm³/mol. The van der Waals surface area contributed by atoms with E-state index in [4.69, 9.17) is 0 Å². The highest BCUT2D eigenvalue weighted by Crippen LogP contribution is 2.34. The van der Waals surface area contributed by atoms with Gasteiger partial charge in [-0.25, -0.2) is 0 Å². The van der Waals surface area contributed by atoms with Crippen LogP contribution < -0.4 is 10.6 Å². The summed E-state index contributed by atoms with van der Waals surface area (Å²) in [5.74, 6) is 0.840. The second-order valence-corrected chi connectivity index (χ2v) is 5.75. The molecular formula is C14H28N2O. The highest BCUT2D eigenvalue weighted by atomic mass is 16.2. The Morgan fingerprint density at radius 3 is 2.47 bits per heavy atom. The Balaban J connectivity index is 2.64. The zero-order valence-corrected chi connectivity index (χ0v) is 11.8. The minimum Gasteiger partial charge on any atom is -0.352 e. The van der Waals surface area contributed by atoms with Crippen LogP contribution in [0.1, 0.15) is 53.4 Å². The van der Waals surface area contributed by atoms with Crippen molar-refractivity contribution in [1.29, 1.82) is 0 Å². The SMILES string of the molecule is CCC(CC)(CC(C)C)C(=O)NC1CCNC1. The van der Waals surface area contributed by atoms with Crippen LogP contribution in [-0.2, 0) is 4.79 Å². The molecule has 2 N–H and O–H groups in total. The van der Waals surface area contributed by atoms with Gasteiger partial charge in [-0.05, 0) is 38.1 Å². The van der Waals surface area contributed by atoms with Gasteiger partial charge < -0.3 is 10.6 Å². The van der Waals surface area contributed by atoms with Crippen molar-refractivity contribution in [3.05, 3.63) is 0 Å². The third-order valence-corrected chi connectivity index (χ3v) is 4.03. The van der Waals surface area contributed by atoms with Crippen molar-refractivity contribution in [3.63, 3.8) is 0 Å². The van der Waals surface area contributed by atoms with E-state index in [2.05, 4.69) is 38.3 Å². The highest BCUT2D eigenvalue weighted by molar-refractivity contribution is 5.82. The van der Waals surface area contributed by atoms with Gasteiger partial charge in [-0.2, -0.15) is 0 Å². The van der Waals surface area contributed by atoms with Crippen molar-refractivity contribution < 1.29 is 4.79 Å². The molecule has 1 rings (SSSR count).